The van der Waals surface area contributed by atoms with E-state index in [4.69, 9.17) is 0 Å². The highest BCUT2D eigenvalue weighted by Gasteiger charge is 2.13. The maximum atomic E-state index is 4.10. The monoisotopic (exact) mass is 277 g/mol. The van der Waals surface area contributed by atoms with Gasteiger partial charge in [0.05, 0.1) is 0 Å². The Labute approximate surface area is 98.2 Å². The van der Waals surface area contributed by atoms with Gasteiger partial charge in [-0.2, -0.15) is 0 Å². The standard InChI is InChI=1S/C9H12BrN3.ClH/c10-9-5-7(1-2-13-9)8-6-11-3-4-12-8;/h1-2,5,8,11-12H,3-4,6H2;1H/t8-;/m1./s1. The molecule has 0 radical (unpaired) electrons. The molecule has 2 N–H and O–H groups in total. The quantitative estimate of drug-likeness (QED) is 0.765. The van der Waals surface area contributed by atoms with Gasteiger partial charge in [-0.1, -0.05) is 0 Å². The smallest absolute Gasteiger partial charge is 0.106 e. The summed E-state index contributed by atoms with van der Waals surface area (Å²) in [4.78, 5) is 4.10. The summed E-state index contributed by atoms with van der Waals surface area (Å²) in [5.74, 6) is 0. The fraction of sp³-hybridized carbons (Fsp3) is 0.444. The van der Waals surface area contributed by atoms with Gasteiger partial charge in [0.1, 0.15) is 4.60 Å². The Hall–Kier alpha value is -0.160. The predicted molar refractivity (Wildman–Crippen MR) is 62.8 cm³/mol. The van der Waals surface area contributed by atoms with E-state index in [1.807, 2.05) is 6.20 Å². The number of aromatic nitrogens is 1. The molecule has 0 unspecified atom stereocenters. The van der Waals surface area contributed by atoms with Crippen molar-refractivity contribution in [1.29, 1.82) is 0 Å². The highest BCUT2D eigenvalue weighted by molar-refractivity contribution is 9.10. The average molecular weight is 279 g/mol. The van der Waals surface area contributed by atoms with Crippen molar-refractivity contribution in [1.82, 2.24) is 15.6 Å². The van der Waals surface area contributed by atoms with Crippen LogP contribution < -0.4 is 10.6 Å². The summed E-state index contributed by atoms with van der Waals surface area (Å²) in [5, 5.41) is 6.81. The third-order valence-corrected chi connectivity index (χ3v) is 2.63. The maximum Gasteiger partial charge on any atom is 0.106 e. The van der Waals surface area contributed by atoms with Gasteiger partial charge < -0.3 is 10.6 Å². The molecule has 0 aliphatic carbocycles. The van der Waals surface area contributed by atoms with Gasteiger partial charge in [-0.3, -0.25) is 0 Å². The molecule has 2 rings (SSSR count). The zero-order chi connectivity index (χ0) is 9.10. The lowest BCUT2D eigenvalue weighted by molar-refractivity contribution is 0.430. The van der Waals surface area contributed by atoms with Crippen LogP contribution in [0.4, 0.5) is 0 Å². The number of halogens is 2. The van der Waals surface area contributed by atoms with Crippen LogP contribution >= 0.6 is 28.3 Å². The van der Waals surface area contributed by atoms with E-state index >= 15 is 0 Å². The van der Waals surface area contributed by atoms with Gasteiger partial charge in [0.15, 0.2) is 0 Å². The van der Waals surface area contributed by atoms with E-state index in [0.717, 1.165) is 24.2 Å². The summed E-state index contributed by atoms with van der Waals surface area (Å²) in [6.07, 6.45) is 1.83. The first-order valence-electron chi connectivity index (χ1n) is 4.42. The van der Waals surface area contributed by atoms with Crippen LogP contribution in [0.5, 0.6) is 0 Å². The first-order valence-corrected chi connectivity index (χ1v) is 5.21. The number of hydrogen-bond donors (Lipinski definition) is 2. The van der Waals surface area contributed by atoms with Crippen molar-refractivity contribution in [2.75, 3.05) is 19.6 Å². The molecule has 1 saturated heterocycles. The van der Waals surface area contributed by atoms with Crippen LogP contribution in [0.1, 0.15) is 11.6 Å². The molecule has 1 aromatic heterocycles. The number of piperazine rings is 1. The van der Waals surface area contributed by atoms with E-state index in [1.54, 1.807) is 0 Å². The molecule has 5 heteroatoms. The molecule has 1 aliphatic heterocycles. The predicted octanol–water partition coefficient (Wildman–Crippen LogP) is 1.50. The number of nitrogens with zero attached hydrogens (tertiary/aromatic N) is 1. The van der Waals surface area contributed by atoms with Crippen LogP contribution in [0.15, 0.2) is 22.9 Å². The minimum Gasteiger partial charge on any atom is -0.314 e. The maximum absolute atomic E-state index is 4.10. The molecule has 0 amide bonds. The zero-order valence-corrected chi connectivity index (χ0v) is 10.1. The molecular weight excluding hydrogens is 265 g/mol. The fourth-order valence-electron chi connectivity index (χ4n) is 1.52. The molecular formula is C9H13BrClN3. The minimum atomic E-state index is 0. The Balaban J connectivity index is 0.000000980. The first kappa shape index (κ1) is 11.9. The summed E-state index contributed by atoms with van der Waals surface area (Å²) < 4.78 is 0.900. The highest BCUT2D eigenvalue weighted by Crippen LogP contribution is 2.16. The lowest BCUT2D eigenvalue weighted by Gasteiger charge is -2.24. The van der Waals surface area contributed by atoms with E-state index in [9.17, 15) is 0 Å². The van der Waals surface area contributed by atoms with Crippen molar-refractivity contribution < 1.29 is 0 Å². The topological polar surface area (TPSA) is 37.0 Å². The SMILES string of the molecule is Brc1cc([C@H]2CNCCN2)ccn1.Cl. The van der Waals surface area contributed by atoms with Crippen molar-refractivity contribution in [2.24, 2.45) is 0 Å². The average Bonchev–Trinajstić information content (AvgIpc) is 2.19. The Morgan fingerprint density at radius 2 is 2.29 bits per heavy atom. The van der Waals surface area contributed by atoms with Crippen LogP contribution in [0, 0.1) is 0 Å². The second kappa shape index (κ2) is 5.66. The van der Waals surface area contributed by atoms with Gasteiger partial charge in [-0.05, 0) is 33.6 Å². The third kappa shape index (κ3) is 2.92. The van der Waals surface area contributed by atoms with E-state index in [1.165, 1.54) is 5.56 Å². The lowest BCUT2D eigenvalue weighted by atomic mass is 10.1. The van der Waals surface area contributed by atoms with Crippen LogP contribution in [-0.4, -0.2) is 24.6 Å². The Kier molecular flexibility index (Phi) is 4.81. The summed E-state index contributed by atoms with van der Waals surface area (Å²) in [7, 11) is 0. The molecule has 78 valence electrons. The van der Waals surface area contributed by atoms with Crippen LogP contribution in [0.3, 0.4) is 0 Å². The van der Waals surface area contributed by atoms with Crippen molar-refractivity contribution in [3.63, 3.8) is 0 Å². The van der Waals surface area contributed by atoms with Gasteiger partial charge in [0, 0.05) is 31.9 Å². The Morgan fingerprint density at radius 1 is 1.43 bits per heavy atom. The van der Waals surface area contributed by atoms with Crippen molar-refractivity contribution in [2.45, 2.75) is 6.04 Å². The van der Waals surface area contributed by atoms with Gasteiger partial charge in [-0.25, -0.2) is 4.98 Å². The Morgan fingerprint density at radius 3 is 2.93 bits per heavy atom. The van der Waals surface area contributed by atoms with Gasteiger partial charge in [0.2, 0.25) is 0 Å². The van der Waals surface area contributed by atoms with Gasteiger partial charge in [0.25, 0.3) is 0 Å². The normalized spacial score (nSPS) is 21.4. The summed E-state index contributed by atoms with van der Waals surface area (Å²) in [5.41, 5.74) is 1.29. The van der Waals surface area contributed by atoms with Crippen molar-refractivity contribution >= 4 is 28.3 Å². The van der Waals surface area contributed by atoms with E-state index in [0.29, 0.717) is 6.04 Å². The number of pyridine rings is 1. The van der Waals surface area contributed by atoms with Crippen LogP contribution in [0.25, 0.3) is 0 Å². The molecule has 14 heavy (non-hydrogen) atoms. The summed E-state index contributed by atoms with van der Waals surface area (Å²) >= 11 is 3.37. The summed E-state index contributed by atoms with van der Waals surface area (Å²) in [6, 6.07) is 4.54. The lowest BCUT2D eigenvalue weighted by Crippen LogP contribution is -2.42. The zero-order valence-electron chi connectivity index (χ0n) is 7.66. The first-order chi connectivity index (χ1) is 6.36. The second-order valence-electron chi connectivity index (χ2n) is 3.12. The minimum absolute atomic E-state index is 0. The molecule has 0 aromatic carbocycles. The number of hydrogen-bond acceptors (Lipinski definition) is 3. The molecule has 1 aromatic rings. The highest BCUT2D eigenvalue weighted by atomic mass is 79.9. The second-order valence-corrected chi connectivity index (χ2v) is 3.94. The summed E-state index contributed by atoms with van der Waals surface area (Å²) in [6.45, 7) is 3.09. The number of rotatable bonds is 1. The van der Waals surface area contributed by atoms with Crippen LogP contribution in [0.2, 0.25) is 0 Å². The molecule has 1 aliphatic rings. The molecule has 1 atom stereocenters. The number of nitrogens with one attached hydrogen (secondary N) is 2. The van der Waals surface area contributed by atoms with Crippen molar-refractivity contribution in [3.8, 4) is 0 Å². The molecule has 0 saturated carbocycles. The Bertz CT molecular complexity index is 289. The van der Waals surface area contributed by atoms with Crippen molar-refractivity contribution in [3.05, 3.63) is 28.5 Å². The molecule has 0 spiro atoms. The molecule has 1 fully saturated rings. The molecule has 3 nitrogen and oxygen atoms in total. The largest absolute Gasteiger partial charge is 0.314 e. The van der Waals surface area contributed by atoms with E-state index in [2.05, 4.69) is 43.7 Å². The third-order valence-electron chi connectivity index (χ3n) is 2.19. The molecule has 2 heterocycles. The van der Waals surface area contributed by atoms with Crippen LogP contribution in [-0.2, 0) is 0 Å². The van der Waals surface area contributed by atoms with E-state index < -0.39 is 0 Å². The van der Waals surface area contributed by atoms with E-state index in [-0.39, 0.29) is 12.4 Å². The fourth-order valence-corrected chi connectivity index (χ4v) is 1.91. The van der Waals surface area contributed by atoms with Gasteiger partial charge >= 0.3 is 0 Å². The molecule has 0 bridgehead atoms. The van der Waals surface area contributed by atoms with Gasteiger partial charge in [-0.15, -0.1) is 12.4 Å².